The number of anilines is 1. The van der Waals surface area contributed by atoms with Crippen molar-refractivity contribution in [3.8, 4) is 0 Å². The lowest BCUT2D eigenvalue weighted by molar-refractivity contribution is -0.384. The molecule has 2 N–H and O–H groups in total. The highest BCUT2D eigenvalue weighted by Gasteiger charge is 2.25. The van der Waals surface area contributed by atoms with E-state index in [1.165, 1.54) is 17.7 Å². The zero-order valence-electron chi connectivity index (χ0n) is 16.6. The maximum absolute atomic E-state index is 12.5. The number of sulfonamides is 1. The van der Waals surface area contributed by atoms with Crippen molar-refractivity contribution < 1.29 is 13.3 Å². The largest absolute Gasteiger partial charge is 0.373 e. The molecule has 29 heavy (non-hydrogen) atoms. The molecule has 0 saturated carbocycles. The molecule has 0 radical (unpaired) electrons. The molecule has 2 aromatic rings. The molecule has 0 aromatic heterocycles. The summed E-state index contributed by atoms with van der Waals surface area (Å²) in [5.41, 5.74) is 2.45. The third-order valence-corrected chi connectivity index (χ3v) is 6.49. The van der Waals surface area contributed by atoms with Crippen molar-refractivity contribution in [2.75, 3.05) is 32.5 Å². The molecule has 0 heterocycles. The van der Waals surface area contributed by atoms with E-state index >= 15 is 0 Å². The number of nitro groups is 1. The molecular weight excluding hydrogens is 392 g/mol. The molecule has 0 saturated heterocycles. The lowest BCUT2D eigenvalue weighted by Crippen LogP contribution is -2.31. The van der Waals surface area contributed by atoms with Crippen LogP contribution in [0.2, 0.25) is 0 Å². The molecule has 156 valence electrons. The number of aryl methyl sites for hydroxylation is 1. The predicted molar refractivity (Wildman–Crippen MR) is 113 cm³/mol. The third kappa shape index (κ3) is 5.11. The summed E-state index contributed by atoms with van der Waals surface area (Å²) >= 11 is 0. The average molecular weight is 419 g/mol. The average Bonchev–Trinajstić information content (AvgIpc) is 2.68. The molecule has 0 bridgehead atoms. The first-order chi connectivity index (χ1) is 13.8. The van der Waals surface area contributed by atoms with Gasteiger partial charge in [0.15, 0.2) is 0 Å². The molecule has 0 amide bonds. The van der Waals surface area contributed by atoms with E-state index in [4.69, 9.17) is 0 Å². The molecule has 0 spiro atoms. The van der Waals surface area contributed by atoms with Crippen LogP contribution in [0.1, 0.15) is 30.0 Å². The molecule has 0 fully saturated rings. The topological polar surface area (TPSA) is 105 Å². The van der Waals surface area contributed by atoms with Crippen LogP contribution in [0.4, 0.5) is 11.4 Å². The van der Waals surface area contributed by atoms with Crippen molar-refractivity contribution in [1.29, 1.82) is 0 Å². The summed E-state index contributed by atoms with van der Waals surface area (Å²) in [6, 6.07) is 12.0. The van der Waals surface area contributed by atoms with Gasteiger partial charge in [0, 0.05) is 19.2 Å². The zero-order valence-corrected chi connectivity index (χ0v) is 17.4. The van der Waals surface area contributed by atoms with Crippen LogP contribution in [0.3, 0.4) is 0 Å². The van der Waals surface area contributed by atoms with Gasteiger partial charge in [-0.25, -0.2) is 13.1 Å². The van der Waals surface area contributed by atoms with Gasteiger partial charge in [0.05, 0.1) is 15.9 Å². The van der Waals surface area contributed by atoms with Crippen LogP contribution in [0.25, 0.3) is 0 Å². The molecule has 0 unspecified atom stereocenters. The second-order valence-corrected chi connectivity index (χ2v) is 9.19. The number of likely N-dealkylation sites (N-methyl/N-ethyl adjacent to an activating group) is 1. The summed E-state index contributed by atoms with van der Waals surface area (Å²) in [4.78, 5) is 12.8. The minimum absolute atomic E-state index is 0.0423. The molecule has 9 heteroatoms. The lowest BCUT2D eigenvalue weighted by Gasteiger charge is -2.27. The number of fused-ring (bicyclic) bond motifs is 1. The van der Waals surface area contributed by atoms with Gasteiger partial charge in [0.1, 0.15) is 5.69 Å². The standard InChI is InChI=1S/C20H26N4O4S/c1-23(2)13-12-21-29(27,28)16-10-11-19(20(14-16)24(25)26)22-18-9-5-7-15-6-3-4-8-17(15)18/h3-4,6,8,10-11,14,18,21-22H,5,7,9,12-13H2,1-2H3/t18-/m0/s1. The van der Waals surface area contributed by atoms with Crippen molar-refractivity contribution in [2.24, 2.45) is 0 Å². The minimum atomic E-state index is -3.82. The van der Waals surface area contributed by atoms with Crippen LogP contribution < -0.4 is 10.0 Å². The van der Waals surface area contributed by atoms with E-state index in [9.17, 15) is 18.5 Å². The molecular formula is C20H26N4O4S. The van der Waals surface area contributed by atoms with Crippen molar-refractivity contribution in [3.05, 3.63) is 63.7 Å². The third-order valence-electron chi connectivity index (χ3n) is 5.03. The van der Waals surface area contributed by atoms with E-state index in [0.717, 1.165) is 30.9 Å². The maximum Gasteiger partial charge on any atom is 0.293 e. The Morgan fingerprint density at radius 1 is 1.21 bits per heavy atom. The van der Waals surface area contributed by atoms with Gasteiger partial charge in [-0.15, -0.1) is 0 Å². The fourth-order valence-electron chi connectivity index (χ4n) is 3.53. The predicted octanol–water partition coefficient (Wildman–Crippen LogP) is 2.92. The minimum Gasteiger partial charge on any atom is -0.373 e. The summed E-state index contributed by atoms with van der Waals surface area (Å²) in [6.45, 7) is 0.754. The number of rotatable bonds is 8. The highest BCUT2D eigenvalue weighted by molar-refractivity contribution is 7.89. The summed E-state index contributed by atoms with van der Waals surface area (Å²) in [5, 5.41) is 14.9. The van der Waals surface area contributed by atoms with Crippen molar-refractivity contribution in [3.63, 3.8) is 0 Å². The number of benzene rings is 2. The Hall–Kier alpha value is -2.49. The van der Waals surface area contributed by atoms with Crippen LogP contribution >= 0.6 is 0 Å². The first-order valence-electron chi connectivity index (χ1n) is 9.55. The summed E-state index contributed by atoms with van der Waals surface area (Å²) in [7, 11) is -0.147. The van der Waals surface area contributed by atoms with Gasteiger partial charge < -0.3 is 10.2 Å². The maximum atomic E-state index is 12.5. The molecule has 8 nitrogen and oxygen atoms in total. The number of nitrogens with one attached hydrogen (secondary N) is 2. The van der Waals surface area contributed by atoms with E-state index in [1.54, 1.807) is 0 Å². The molecule has 1 aliphatic carbocycles. The summed E-state index contributed by atoms with van der Waals surface area (Å²) in [5.74, 6) is 0. The lowest BCUT2D eigenvalue weighted by atomic mass is 9.87. The first-order valence-corrected chi connectivity index (χ1v) is 11.0. The van der Waals surface area contributed by atoms with Gasteiger partial charge in [0.25, 0.3) is 5.69 Å². The Labute approximate surface area is 171 Å². The molecule has 3 rings (SSSR count). The fraction of sp³-hybridized carbons (Fsp3) is 0.400. The van der Waals surface area contributed by atoms with Gasteiger partial charge in [0.2, 0.25) is 10.0 Å². The van der Waals surface area contributed by atoms with Crippen molar-refractivity contribution in [2.45, 2.75) is 30.2 Å². The fourth-order valence-corrected chi connectivity index (χ4v) is 4.57. The highest BCUT2D eigenvalue weighted by Crippen LogP contribution is 2.36. The number of hydrogen-bond acceptors (Lipinski definition) is 6. The van der Waals surface area contributed by atoms with Crippen LogP contribution in [-0.4, -0.2) is 45.4 Å². The molecule has 1 atom stereocenters. The van der Waals surface area contributed by atoms with Crippen LogP contribution in [0.15, 0.2) is 47.4 Å². The smallest absolute Gasteiger partial charge is 0.293 e. The highest BCUT2D eigenvalue weighted by atomic mass is 32.2. The number of nitro benzene ring substituents is 1. The quantitative estimate of drug-likeness (QED) is 0.505. The number of hydrogen-bond donors (Lipinski definition) is 2. The van der Waals surface area contributed by atoms with Crippen LogP contribution in [-0.2, 0) is 16.4 Å². The van der Waals surface area contributed by atoms with Gasteiger partial charge >= 0.3 is 0 Å². The second-order valence-electron chi connectivity index (χ2n) is 7.43. The van der Waals surface area contributed by atoms with Crippen molar-refractivity contribution >= 4 is 21.4 Å². The van der Waals surface area contributed by atoms with Gasteiger partial charge in [-0.05, 0) is 56.6 Å². The number of nitrogens with zero attached hydrogens (tertiary/aromatic N) is 2. The van der Waals surface area contributed by atoms with E-state index < -0.39 is 14.9 Å². The van der Waals surface area contributed by atoms with Crippen LogP contribution in [0.5, 0.6) is 0 Å². The van der Waals surface area contributed by atoms with Crippen molar-refractivity contribution in [1.82, 2.24) is 9.62 Å². The molecule has 1 aliphatic rings. The Balaban J connectivity index is 1.85. The van der Waals surface area contributed by atoms with E-state index in [0.29, 0.717) is 12.2 Å². The Morgan fingerprint density at radius 2 is 1.97 bits per heavy atom. The van der Waals surface area contributed by atoms with E-state index in [-0.39, 0.29) is 23.2 Å². The Bertz CT molecular complexity index is 992. The van der Waals surface area contributed by atoms with E-state index in [1.807, 2.05) is 37.2 Å². The van der Waals surface area contributed by atoms with Gasteiger partial charge in [-0.2, -0.15) is 0 Å². The van der Waals surface area contributed by atoms with Crippen LogP contribution in [0, 0.1) is 10.1 Å². The summed E-state index contributed by atoms with van der Waals surface area (Å²) in [6.07, 6.45) is 2.84. The SMILES string of the molecule is CN(C)CCNS(=O)(=O)c1ccc(N[C@H]2CCCc3ccccc32)c([N+](=O)[O-])c1. The van der Waals surface area contributed by atoms with Gasteiger partial charge in [-0.1, -0.05) is 24.3 Å². The second kappa shape index (κ2) is 8.89. The summed E-state index contributed by atoms with van der Waals surface area (Å²) < 4.78 is 27.4. The Kier molecular flexibility index (Phi) is 6.51. The zero-order chi connectivity index (χ0) is 21.0. The van der Waals surface area contributed by atoms with Gasteiger partial charge in [-0.3, -0.25) is 10.1 Å². The monoisotopic (exact) mass is 418 g/mol. The molecule has 0 aliphatic heterocycles. The molecule has 2 aromatic carbocycles. The Morgan fingerprint density at radius 3 is 2.69 bits per heavy atom. The first kappa shape index (κ1) is 21.2. The normalized spacial score (nSPS) is 16.4. The van der Waals surface area contributed by atoms with E-state index in [2.05, 4.69) is 16.1 Å².